The maximum Gasteiger partial charge on any atom is 0.219 e. The normalized spacial score (nSPS) is 13.9. The van der Waals surface area contributed by atoms with Crippen LogP contribution in [0.4, 0.5) is 0 Å². The van der Waals surface area contributed by atoms with E-state index in [9.17, 15) is 4.79 Å². The van der Waals surface area contributed by atoms with Crippen molar-refractivity contribution in [2.75, 3.05) is 13.2 Å². The number of carbonyl (C=O) groups excluding carboxylic acids is 1. The van der Waals surface area contributed by atoms with Gasteiger partial charge < -0.3 is 9.64 Å². The molecule has 0 saturated heterocycles. The minimum Gasteiger partial charge on any atom is -0.494 e. The molecular weight excluding hydrogens is 266 g/mol. The number of nitrogens with one attached hydrogen (secondary N) is 1. The molecule has 1 aliphatic heterocycles. The molecule has 0 atom stereocenters. The largest absolute Gasteiger partial charge is 0.494 e. The van der Waals surface area contributed by atoms with Gasteiger partial charge in [-0.25, -0.2) is 0 Å². The average molecular weight is 285 g/mol. The first-order valence-corrected chi connectivity index (χ1v) is 7.24. The molecule has 1 aliphatic rings. The first-order chi connectivity index (χ1) is 10.2. The van der Waals surface area contributed by atoms with E-state index < -0.39 is 0 Å². The Morgan fingerprint density at radius 1 is 1.38 bits per heavy atom. The standard InChI is InChI=1S/C16H19N3O2/c1-3-21-13-6-4-12(5-7-13)16-14-10-19(11(2)20)9-8-15(14)17-18-16/h4-7H,3,8-10H2,1-2H3,(H,17,18). The van der Waals surface area contributed by atoms with Gasteiger partial charge in [0.05, 0.1) is 12.3 Å². The zero-order valence-corrected chi connectivity index (χ0v) is 12.3. The number of rotatable bonds is 3. The van der Waals surface area contributed by atoms with Gasteiger partial charge in [0.15, 0.2) is 0 Å². The lowest BCUT2D eigenvalue weighted by atomic mass is 10.0. The van der Waals surface area contributed by atoms with E-state index in [-0.39, 0.29) is 5.91 Å². The van der Waals surface area contributed by atoms with Crippen LogP contribution in [0.15, 0.2) is 24.3 Å². The van der Waals surface area contributed by atoms with Crippen molar-refractivity contribution in [1.29, 1.82) is 0 Å². The van der Waals surface area contributed by atoms with Gasteiger partial charge >= 0.3 is 0 Å². The lowest BCUT2D eigenvalue weighted by Crippen LogP contribution is -2.34. The molecule has 5 nitrogen and oxygen atoms in total. The third-order valence-electron chi connectivity index (χ3n) is 3.82. The second-order valence-corrected chi connectivity index (χ2v) is 5.18. The molecule has 1 amide bonds. The second kappa shape index (κ2) is 5.60. The third kappa shape index (κ3) is 2.63. The molecule has 0 fully saturated rings. The zero-order chi connectivity index (χ0) is 14.8. The van der Waals surface area contributed by atoms with Gasteiger partial charge in [-0.3, -0.25) is 9.89 Å². The Kier molecular flexibility index (Phi) is 3.64. The van der Waals surface area contributed by atoms with Gasteiger partial charge in [0.25, 0.3) is 0 Å². The van der Waals surface area contributed by atoms with E-state index in [0.29, 0.717) is 13.2 Å². The Bertz CT molecular complexity index is 646. The second-order valence-electron chi connectivity index (χ2n) is 5.18. The fraction of sp³-hybridized carbons (Fsp3) is 0.375. The molecule has 0 saturated carbocycles. The SMILES string of the molecule is CCOc1ccc(-c2n[nH]c3c2CN(C(C)=O)CC3)cc1. The summed E-state index contributed by atoms with van der Waals surface area (Å²) in [7, 11) is 0. The summed E-state index contributed by atoms with van der Waals surface area (Å²) in [5.74, 6) is 0.968. The van der Waals surface area contributed by atoms with Crippen LogP contribution in [-0.2, 0) is 17.8 Å². The summed E-state index contributed by atoms with van der Waals surface area (Å²) in [6.45, 7) is 5.62. The predicted octanol–water partition coefficient (Wildman–Crippen LogP) is 2.38. The smallest absolute Gasteiger partial charge is 0.219 e. The Morgan fingerprint density at radius 2 is 2.14 bits per heavy atom. The van der Waals surface area contributed by atoms with Crippen LogP contribution >= 0.6 is 0 Å². The first kappa shape index (κ1) is 13.7. The van der Waals surface area contributed by atoms with Crippen molar-refractivity contribution in [1.82, 2.24) is 15.1 Å². The molecule has 0 aliphatic carbocycles. The molecular formula is C16H19N3O2. The number of H-pyrrole nitrogens is 1. The molecule has 1 aromatic carbocycles. The Hall–Kier alpha value is -2.30. The van der Waals surface area contributed by atoms with Gasteiger partial charge in [-0.15, -0.1) is 0 Å². The molecule has 0 spiro atoms. The van der Waals surface area contributed by atoms with Crippen LogP contribution in [0.5, 0.6) is 5.75 Å². The van der Waals surface area contributed by atoms with Gasteiger partial charge in [-0.2, -0.15) is 5.10 Å². The number of aromatic amines is 1. The maximum atomic E-state index is 11.6. The van der Waals surface area contributed by atoms with Crippen LogP contribution in [0.2, 0.25) is 0 Å². The van der Waals surface area contributed by atoms with E-state index in [0.717, 1.165) is 41.2 Å². The summed E-state index contributed by atoms with van der Waals surface area (Å²) in [5, 5.41) is 7.54. The van der Waals surface area contributed by atoms with Gasteiger partial charge in [-0.05, 0) is 31.2 Å². The first-order valence-electron chi connectivity index (χ1n) is 7.24. The Labute approximate surface area is 123 Å². The monoisotopic (exact) mass is 285 g/mol. The lowest BCUT2D eigenvalue weighted by molar-refractivity contribution is -0.129. The summed E-state index contributed by atoms with van der Waals surface area (Å²) >= 11 is 0. The van der Waals surface area contributed by atoms with Crippen molar-refractivity contribution in [3.8, 4) is 17.0 Å². The van der Waals surface area contributed by atoms with Crippen molar-refractivity contribution in [2.45, 2.75) is 26.8 Å². The number of ether oxygens (including phenoxy) is 1. The number of hydrogen-bond donors (Lipinski definition) is 1. The van der Waals surface area contributed by atoms with E-state index in [2.05, 4.69) is 10.2 Å². The van der Waals surface area contributed by atoms with E-state index in [1.165, 1.54) is 0 Å². The molecule has 0 unspecified atom stereocenters. The number of amides is 1. The summed E-state index contributed by atoms with van der Waals surface area (Å²) < 4.78 is 5.46. The molecule has 0 bridgehead atoms. The summed E-state index contributed by atoms with van der Waals surface area (Å²) in [6.07, 6.45) is 0.832. The van der Waals surface area contributed by atoms with Crippen molar-refractivity contribution >= 4 is 5.91 Å². The number of aromatic nitrogens is 2. The van der Waals surface area contributed by atoms with Crippen LogP contribution < -0.4 is 4.74 Å². The van der Waals surface area contributed by atoms with Gasteiger partial charge in [0.2, 0.25) is 5.91 Å². The molecule has 110 valence electrons. The summed E-state index contributed by atoms with van der Waals surface area (Å²) in [6, 6.07) is 7.92. The zero-order valence-electron chi connectivity index (χ0n) is 12.3. The number of nitrogens with zero attached hydrogens (tertiary/aromatic N) is 2. The summed E-state index contributed by atoms with van der Waals surface area (Å²) in [4.78, 5) is 13.4. The van der Waals surface area contributed by atoms with Crippen molar-refractivity contribution in [2.24, 2.45) is 0 Å². The van der Waals surface area contributed by atoms with E-state index in [4.69, 9.17) is 4.74 Å². The highest BCUT2D eigenvalue weighted by Crippen LogP contribution is 2.29. The third-order valence-corrected chi connectivity index (χ3v) is 3.82. The molecule has 5 heteroatoms. The molecule has 1 aromatic heterocycles. The van der Waals surface area contributed by atoms with Crippen LogP contribution in [0.1, 0.15) is 25.1 Å². The van der Waals surface area contributed by atoms with Crippen LogP contribution in [-0.4, -0.2) is 34.2 Å². The predicted molar refractivity (Wildman–Crippen MR) is 80.0 cm³/mol. The van der Waals surface area contributed by atoms with Crippen molar-refractivity contribution in [3.63, 3.8) is 0 Å². The van der Waals surface area contributed by atoms with Crippen molar-refractivity contribution < 1.29 is 9.53 Å². The molecule has 2 aromatic rings. The minimum atomic E-state index is 0.111. The highest BCUT2D eigenvalue weighted by molar-refractivity contribution is 5.74. The van der Waals surface area contributed by atoms with Crippen LogP contribution in [0.25, 0.3) is 11.3 Å². The average Bonchev–Trinajstić information content (AvgIpc) is 2.91. The Balaban J connectivity index is 1.90. The molecule has 3 rings (SSSR count). The van der Waals surface area contributed by atoms with Gasteiger partial charge in [-0.1, -0.05) is 0 Å². The van der Waals surface area contributed by atoms with Crippen LogP contribution in [0, 0.1) is 0 Å². The minimum absolute atomic E-state index is 0.111. The van der Waals surface area contributed by atoms with Gasteiger partial charge in [0.1, 0.15) is 5.75 Å². The number of benzene rings is 1. The maximum absolute atomic E-state index is 11.6. The Morgan fingerprint density at radius 3 is 2.81 bits per heavy atom. The summed E-state index contributed by atoms with van der Waals surface area (Å²) in [5.41, 5.74) is 4.23. The van der Waals surface area contributed by atoms with E-state index >= 15 is 0 Å². The van der Waals surface area contributed by atoms with E-state index in [1.807, 2.05) is 36.1 Å². The van der Waals surface area contributed by atoms with Crippen LogP contribution in [0.3, 0.4) is 0 Å². The van der Waals surface area contributed by atoms with Crippen molar-refractivity contribution in [3.05, 3.63) is 35.5 Å². The molecule has 2 heterocycles. The van der Waals surface area contributed by atoms with Gasteiger partial charge in [0, 0.05) is 43.3 Å². The molecule has 0 radical (unpaired) electrons. The fourth-order valence-electron chi connectivity index (χ4n) is 2.68. The molecule has 1 N–H and O–H groups in total. The molecule has 21 heavy (non-hydrogen) atoms. The highest BCUT2D eigenvalue weighted by Gasteiger charge is 2.23. The highest BCUT2D eigenvalue weighted by atomic mass is 16.5. The number of carbonyl (C=O) groups is 1. The number of hydrogen-bond acceptors (Lipinski definition) is 3. The quantitative estimate of drug-likeness (QED) is 0.942. The number of fused-ring (bicyclic) bond motifs is 1. The lowest BCUT2D eigenvalue weighted by Gasteiger charge is -2.25. The fourth-order valence-corrected chi connectivity index (χ4v) is 2.68. The van der Waals surface area contributed by atoms with E-state index in [1.54, 1.807) is 6.92 Å². The topological polar surface area (TPSA) is 58.2 Å².